The summed E-state index contributed by atoms with van der Waals surface area (Å²) in [5, 5.41) is 3.95. The highest BCUT2D eigenvalue weighted by molar-refractivity contribution is 6.06. The Morgan fingerprint density at radius 1 is 0.889 bits per heavy atom. The zero-order chi connectivity index (χ0) is 18.5. The molecule has 0 radical (unpaired) electrons. The highest BCUT2D eigenvalue weighted by Crippen LogP contribution is 2.25. The lowest BCUT2D eigenvalue weighted by Gasteiger charge is -2.12. The van der Waals surface area contributed by atoms with Crippen LogP contribution in [0, 0.1) is 0 Å². The number of aromatic amines is 1. The van der Waals surface area contributed by atoms with Crippen molar-refractivity contribution in [2.45, 2.75) is 6.42 Å². The Labute approximate surface area is 157 Å². The third kappa shape index (κ3) is 4.01. The number of carbonyl (C=O) groups excluding carboxylic acids is 1. The number of nitrogens with one attached hydrogen (secondary N) is 2. The molecule has 0 aliphatic heterocycles. The normalized spacial score (nSPS) is 10.7. The number of amides is 1. The van der Waals surface area contributed by atoms with E-state index in [0.717, 1.165) is 17.3 Å². The van der Waals surface area contributed by atoms with Gasteiger partial charge in [0.25, 0.3) is 5.91 Å². The standard InChI is InChI=1S/C23H20N2O2/c26-23(21-16-18-10-4-5-11-19(18)24-21)25-20-12-6-7-13-22(20)27-15-14-17-8-2-1-3-9-17/h1-13,16,24H,14-15H2,(H,25,26). The minimum atomic E-state index is -0.190. The van der Waals surface area contributed by atoms with E-state index in [1.807, 2.05) is 72.8 Å². The van der Waals surface area contributed by atoms with E-state index in [1.165, 1.54) is 5.56 Å². The number of para-hydroxylation sites is 3. The molecule has 0 unspecified atom stereocenters. The average Bonchev–Trinajstić information content (AvgIpc) is 3.15. The smallest absolute Gasteiger partial charge is 0.272 e. The number of H-pyrrole nitrogens is 1. The Hall–Kier alpha value is -3.53. The van der Waals surface area contributed by atoms with Crippen molar-refractivity contribution in [1.82, 2.24) is 4.98 Å². The molecule has 0 saturated carbocycles. The van der Waals surface area contributed by atoms with Gasteiger partial charge in [-0.2, -0.15) is 0 Å². The maximum atomic E-state index is 12.6. The third-order valence-electron chi connectivity index (χ3n) is 4.40. The van der Waals surface area contributed by atoms with Gasteiger partial charge in [0.2, 0.25) is 0 Å². The second kappa shape index (κ2) is 7.79. The molecular weight excluding hydrogens is 336 g/mol. The second-order valence-electron chi connectivity index (χ2n) is 6.30. The van der Waals surface area contributed by atoms with Crippen molar-refractivity contribution in [3.8, 4) is 5.75 Å². The van der Waals surface area contributed by atoms with E-state index < -0.39 is 0 Å². The first-order chi connectivity index (χ1) is 13.3. The largest absolute Gasteiger partial charge is 0.491 e. The molecule has 1 aromatic heterocycles. The minimum absolute atomic E-state index is 0.190. The number of anilines is 1. The van der Waals surface area contributed by atoms with E-state index in [2.05, 4.69) is 22.4 Å². The van der Waals surface area contributed by atoms with Gasteiger partial charge in [-0.25, -0.2) is 0 Å². The van der Waals surface area contributed by atoms with Crippen LogP contribution in [0.1, 0.15) is 16.1 Å². The van der Waals surface area contributed by atoms with Crippen LogP contribution in [-0.4, -0.2) is 17.5 Å². The SMILES string of the molecule is O=C(Nc1ccccc1OCCc1ccccc1)c1cc2ccccc2[nH]1. The Balaban J connectivity index is 1.45. The molecule has 4 rings (SSSR count). The van der Waals surface area contributed by atoms with E-state index in [-0.39, 0.29) is 5.91 Å². The monoisotopic (exact) mass is 356 g/mol. The second-order valence-corrected chi connectivity index (χ2v) is 6.30. The topological polar surface area (TPSA) is 54.1 Å². The Bertz CT molecular complexity index is 1020. The van der Waals surface area contributed by atoms with Crippen LogP contribution in [0.25, 0.3) is 10.9 Å². The van der Waals surface area contributed by atoms with E-state index in [0.29, 0.717) is 23.7 Å². The van der Waals surface area contributed by atoms with Crippen LogP contribution in [0.3, 0.4) is 0 Å². The van der Waals surface area contributed by atoms with Crippen molar-refractivity contribution < 1.29 is 9.53 Å². The number of hydrogen-bond acceptors (Lipinski definition) is 2. The number of fused-ring (bicyclic) bond motifs is 1. The molecule has 4 heteroatoms. The summed E-state index contributed by atoms with van der Waals surface area (Å²) < 4.78 is 5.91. The predicted octanol–water partition coefficient (Wildman–Crippen LogP) is 5.04. The lowest BCUT2D eigenvalue weighted by molar-refractivity contribution is 0.102. The van der Waals surface area contributed by atoms with Crippen molar-refractivity contribution in [3.63, 3.8) is 0 Å². The highest BCUT2D eigenvalue weighted by atomic mass is 16.5. The molecule has 0 spiro atoms. The van der Waals surface area contributed by atoms with Crippen molar-refractivity contribution >= 4 is 22.5 Å². The van der Waals surface area contributed by atoms with Crippen molar-refractivity contribution in [3.05, 3.63) is 96.2 Å². The van der Waals surface area contributed by atoms with Crippen LogP contribution in [0.15, 0.2) is 84.9 Å². The first kappa shape index (κ1) is 16.9. The number of carbonyl (C=O) groups is 1. The average molecular weight is 356 g/mol. The van der Waals surface area contributed by atoms with E-state index >= 15 is 0 Å². The van der Waals surface area contributed by atoms with Gasteiger partial charge in [0.05, 0.1) is 12.3 Å². The molecule has 2 N–H and O–H groups in total. The fourth-order valence-electron chi connectivity index (χ4n) is 3.00. The fourth-order valence-corrected chi connectivity index (χ4v) is 3.00. The van der Waals surface area contributed by atoms with Crippen LogP contribution in [0.2, 0.25) is 0 Å². The summed E-state index contributed by atoms with van der Waals surface area (Å²) in [6, 6.07) is 27.3. The summed E-state index contributed by atoms with van der Waals surface area (Å²) in [6.07, 6.45) is 0.811. The molecule has 0 saturated heterocycles. The Morgan fingerprint density at radius 2 is 1.63 bits per heavy atom. The van der Waals surface area contributed by atoms with Crippen molar-refractivity contribution in [1.29, 1.82) is 0 Å². The quantitative estimate of drug-likeness (QED) is 0.508. The van der Waals surface area contributed by atoms with Gasteiger partial charge in [-0.05, 0) is 29.8 Å². The molecule has 0 fully saturated rings. The Kier molecular flexibility index (Phi) is 4.88. The lowest BCUT2D eigenvalue weighted by Crippen LogP contribution is -2.13. The van der Waals surface area contributed by atoms with E-state index in [1.54, 1.807) is 0 Å². The molecule has 0 atom stereocenters. The first-order valence-corrected chi connectivity index (χ1v) is 8.94. The van der Waals surface area contributed by atoms with Crippen LogP contribution in [0.4, 0.5) is 5.69 Å². The Morgan fingerprint density at radius 3 is 2.48 bits per heavy atom. The molecule has 1 amide bonds. The molecular formula is C23H20N2O2. The molecule has 0 aliphatic carbocycles. The van der Waals surface area contributed by atoms with Gasteiger partial charge in [-0.15, -0.1) is 0 Å². The third-order valence-corrected chi connectivity index (χ3v) is 4.40. The zero-order valence-electron chi connectivity index (χ0n) is 14.8. The number of ether oxygens (including phenoxy) is 1. The van der Waals surface area contributed by atoms with Crippen LogP contribution in [0.5, 0.6) is 5.75 Å². The van der Waals surface area contributed by atoms with E-state index in [4.69, 9.17) is 4.74 Å². The van der Waals surface area contributed by atoms with Crippen LogP contribution >= 0.6 is 0 Å². The van der Waals surface area contributed by atoms with Gasteiger partial charge in [0, 0.05) is 17.3 Å². The lowest BCUT2D eigenvalue weighted by atomic mass is 10.2. The first-order valence-electron chi connectivity index (χ1n) is 8.94. The summed E-state index contributed by atoms with van der Waals surface area (Å²) in [6.45, 7) is 0.545. The number of hydrogen-bond donors (Lipinski definition) is 2. The zero-order valence-corrected chi connectivity index (χ0v) is 14.8. The van der Waals surface area contributed by atoms with Crippen LogP contribution in [-0.2, 0) is 6.42 Å². The summed E-state index contributed by atoms with van der Waals surface area (Å²) in [4.78, 5) is 15.8. The summed E-state index contributed by atoms with van der Waals surface area (Å²) >= 11 is 0. The predicted molar refractivity (Wildman–Crippen MR) is 108 cm³/mol. The molecule has 3 aromatic carbocycles. The van der Waals surface area contributed by atoms with Crippen molar-refractivity contribution in [2.75, 3.05) is 11.9 Å². The van der Waals surface area contributed by atoms with Gasteiger partial charge >= 0.3 is 0 Å². The van der Waals surface area contributed by atoms with Gasteiger partial charge in [0.15, 0.2) is 0 Å². The molecule has 4 nitrogen and oxygen atoms in total. The van der Waals surface area contributed by atoms with E-state index in [9.17, 15) is 4.79 Å². The van der Waals surface area contributed by atoms with Crippen molar-refractivity contribution in [2.24, 2.45) is 0 Å². The molecule has 134 valence electrons. The molecule has 0 bridgehead atoms. The fraction of sp³-hybridized carbons (Fsp3) is 0.0870. The van der Waals surface area contributed by atoms with Crippen LogP contribution < -0.4 is 10.1 Å². The minimum Gasteiger partial charge on any atom is -0.491 e. The van der Waals surface area contributed by atoms with Gasteiger partial charge in [0.1, 0.15) is 11.4 Å². The summed E-state index contributed by atoms with van der Waals surface area (Å²) in [7, 11) is 0. The number of rotatable bonds is 6. The summed E-state index contributed by atoms with van der Waals surface area (Å²) in [5.41, 5.74) is 3.34. The summed E-state index contributed by atoms with van der Waals surface area (Å²) in [5.74, 6) is 0.475. The highest BCUT2D eigenvalue weighted by Gasteiger charge is 2.12. The molecule has 0 aliphatic rings. The maximum absolute atomic E-state index is 12.6. The number of aromatic nitrogens is 1. The molecule has 27 heavy (non-hydrogen) atoms. The maximum Gasteiger partial charge on any atom is 0.272 e. The van der Waals surface area contributed by atoms with Gasteiger partial charge in [-0.1, -0.05) is 60.7 Å². The van der Waals surface area contributed by atoms with Gasteiger partial charge < -0.3 is 15.0 Å². The van der Waals surface area contributed by atoms with Gasteiger partial charge in [-0.3, -0.25) is 4.79 Å². The number of benzene rings is 3. The molecule has 4 aromatic rings. The molecule has 1 heterocycles.